The van der Waals surface area contributed by atoms with Crippen LogP contribution in [0.2, 0.25) is 5.02 Å². The van der Waals surface area contributed by atoms with Crippen molar-refractivity contribution in [3.05, 3.63) is 29.3 Å². The Labute approximate surface area is 190 Å². The summed E-state index contributed by atoms with van der Waals surface area (Å²) in [5, 5.41) is 3.61. The number of carbonyl (C=O) groups excluding carboxylic acids is 2. The number of nitrogens with zero attached hydrogens (tertiary/aromatic N) is 3. The van der Waals surface area contributed by atoms with Crippen LogP contribution < -0.4 is 10.2 Å². The lowest BCUT2D eigenvalue weighted by Crippen LogP contribution is -2.58. The highest BCUT2D eigenvalue weighted by molar-refractivity contribution is 6.30. The van der Waals surface area contributed by atoms with E-state index in [0.29, 0.717) is 18.1 Å². The quantitative estimate of drug-likeness (QED) is 0.720. The lowest BCUT2D eigenvalue weighted by molar-refractivity contribution is -0.139. The van der Waals surface area contributed by atoms with E-state index in [2.05, 4.69) is 15.1 Å². The summed E-state index contributed by atoms with van der Waals surface area (Å²) in [5.41, 5.74) is 1.07. The van der Waals surface area contributed by atoms with Gasteiger partial charge in [-0.15, -0.1) is 0 Å². The fraction of sp³-hybridized carbons (Fsp3) is 0.652. The van der Waals surface area contributed by atoms with E-state index in [-0.39, 0.29) is 42.5 Å². The molecule has 0 spiro atoms. The molecule has 0 radical (unpaired) electrons. The zero-order valence-electron chi connectivity index (χ0n) is 19.0. The molecule has 0 saturated carbocycles. The van der Waals surface area contributed by atoms with Crippen molar-refractivity contribution in [3.63, 3.8) is 0 Å². The first kappa shape index (κ1) is 23.8. The van der Waals surface area contributed by atoms with Crippen LogP contribution in [0.15, 0.2) is 24.3 Å². The normalized spacial score (nSPS) is 23.7. The van der Waals surface area contributed by atoms with Crippen LogP contribution in [0.1, 0.15) is 27.7 Å². The third-order valence-electron chi connectivity index (χ3n) is 5.96. The molecule has 8 heteroatoms. The molecule has 0 aromatic heterocycles. The predicted octanol–water partition coefficient (Wildman–Crippen LogP) is 2.24. The van der Waals surface area contributed by atoms with Crippen LogP contribution in [0, 0.1) is 5.92 Å². The Balaban J connectivity index is 1.49. The van der Waals surface area contributed by atoms with Crippen molar-refractivity contribution in [2.75, 3.05) is 50.7 Å². The van der Waals surface area contributed by atoms with Gasteiger partial charge in [0.2, 0.25) is 11.8 Å². The van der Waals surface area contributed by atoms with Crippen LogP contribution in [0.4, 0.5) is 5.69 Å². The third-order valence-corrected chi connectivity index (χ3v) is 6.20. The molecule has 172 valence electrons. The molecule has 0 bridgehead atoms. The lowest BCUT2D eigenvalue weighted by Gasteiger charge is -2.41. The van der Waals surface area contributed by atoms with Gasteiger partial charge in [-0.1, -0.05) is 31.5 Å². The first-order chi connectivity index (χ1) is 14.7. The van der Waals surface area contributed by atoms with Crippen LogP contribution in [0.5, 0.6) is 0 Å². The van der Waals surface area contributed by atoms with Crippen LogP contribution >= 0.6 is 11.6 Å². The van der Waals surface area contributed by atoms with E-state index in [1.165, 1.54) is 0 Å². The molecule has 1 aromatic rings. The van der Waals surface area contributed by atoms with Crippen molar-refractivity contribution in [2.45, 2.75) is 45.9 Å². The number of hydrogen-bond acceptors (Lipinski definition) is 5. The first-order valence-electron chi connectivity index (χ1n) is 11.2. The Bertz CT molecular complexity index is 757. The van der Waals surface area contributed by atoms with E-state index in [1.807, 2.05) is 56.9 Å². The topological polar surface area (TPSA) is 65.1 Å². The number of rotatable bonds is 6. The highest BCUT2D eigenvalue weighted by atomic mass is 35.5. The van der Waals surface area contributed by atoms with Gasteiger partial charge in [-0.05, 0) is 38.0 Å². The van der Waals surface area contributed by atoms with Crippen molar-refractivity contribution in [3.8, 4) is 0 Å². The summed E-state index contributed by atoms with van der Waals surface area (Å²) < 4.78 is 5.81. The van der Waals surface area contributed by atoms with Gasteiger partial charge in [0, 0.05) is 50.0 Å². The van der Waals surface area contributed by atoms with Gasteiger partial charge in [-0.3, -0.25) is 14.5 Å². The summed E-state index contributed by atoms with van der Waals surface area (Å²) >= 11 is 6.09. The van der Waals surface area contributed by atoms with Crippen molar-refractivity contribution in [1.29, 1.82) is 0 Å². The molecule has 1 N–H and O–H groups in total. The van der Waals surface area contributed by atoms with Crippen molar-refractivity contribution in [2.24, 2.45) is 5.92 Å². The highest BCUT2D eigenvalue weighted by Gasteiger charge is 2.34. The van der Waals surface area contributed by atoms with E-state index in [0.717, 1.165) is 31.9 Å². The van der Waals surface area contributed by atoms with Gasteiger partial charge < -0.3 is 19.9 Å². The van der Waals surface area contributed by atoms with Crippen LogP contribution in [-0.2, 0) is 14.3 Å². The van der Waals surface area contributed by atoms with E-state index in [1.54, 1.807) is 0 Å². The van der Waals surface area contributed by atoms with Gasteiger partial charge in [0.1, 0.15) is 0 Å². The molecule has 2 aliphatic rings. The number of hydrogen-bond donors (Lipinski definition) is 1. The Morgan fingerprint density at radius 2 is 1.77 bits per heavy atom. The predicted molar refractivity (Wildman–Crippen MR) is 123 cm³/mol. The summed E-state index contributed by atoms with van der Waals surface area (Å²) in [6, 6.07) is 7.50. The molecular weight excluding hydrogens is 416 g/mol. The number of piperazine rings is 1. The number of nitrogens with one attached hydrogen (secondary N) is 1. The number of anilines is 1. The van der Waals surface area contributed by atoms with Gasteiger partial charge in [0.05, 0.1) is 24.8 Å². The number of morpholine rings is 1. The molecule has 2 heterocycles. The number of carbonyl (C=O) groups is 2. The minimum atomic E-state index is -0.263. The van der Waals surface area contributed by atoms with Crippen LogP contribution in [0.3, 0.4) is 0 Å². The van der Waals surface area contributed by atoms with Crippen LogP contribution in [-0.4, -0.2) is 85.7 Å². The SMILES string of the molecule is CC1CN(C(C(=O)NCC(=O)N2CCN(c3cccc(Cl)c3)CC2)C(C)C)CC(C)O1. The average Bonchev–Trinajstić information content (AvgIpc) is 2.71. The van der Waals surface area contributed by atoms with Gasteiger partial charge in [-0.25, -0.2) is 0 Å². The zero-order valence-corrected chi connectivity index (χ0v) is 19.8. The Hall–Kier alpha value is -1.83. The summed E-state index contributed by atoms with van der Waals surface area (Å²) in [6.07, 6.45) is 0.186. The zero-order chi connectivity index (χ0) is 22.5. The molecule has 3 atom stereocenters. The van der Waals surface area contributed by atoms with Crippen molar-refractivity contribution >= 4 is 29.1 Å². The first-order valence-corrected chi connectivity index (χ1v) is 11.6. The summed E-state index contributed by atoms with van der Waals surface area (Å²) in [5.74, 6) is 0.0290. The van der Waals surface area contributed by atoms with Gasteiger partial charge in [0.25, 0.3) is 0 Å². The number of halogens is 1. The Morgan fingerprint density at radius 3 is 2.35 bits per heavy atom. The lowest BCUT2D eigenvalue weighted by atomic mass is 9.99. The van der Waals surface area contributed by atoms with Gasteiger partial charge in [0.15, 0.2) is 0 Å². The smallest absolute Gasteiger partial charge is 0.242 e. The molecular formula is C23H35ClN4O3. The number of benzene rings is 1. The molecule has 2 saturated heterocycles. The second kappa shape index (κ2) is 10.7. The fourth-order valence-electron chi connectivity index (χ4n) is 4.60. The number of ether oxygens (including phenoxy) is 1. The second-order valence-electron chi connectivity index (χ2n) is 8.97. The molecule has 0 aliphatic carbocycles. The summed E-state index contributed by atoms with van der Waals surface area (Å²) in [7, 11) is 0. The summed E-state index contributed by atoms with van der Waals surface area (Å²) in [6.45, 7) is 12.4. The van der Waals surface area contributed by atoms with E-state index in [9.17, 15) is 9.59 Å². The Kier molecular flexibility index (Phi) is 8.19. The minimum Gasteiger partial charge on any atom is -0.373 e. The largest absolute Gasteiger partial charge is 0.373 e. The maximum atomic E-state index is 13.0. The average molecular weight is 451 g/mol. The maximum Gasteiger partial charge on any atom is 0.242 e. The third kappa shape index (κ3) is 6.34. The van der Waals surface area contributed by atoms with E-state index >= 15 is 0 Å². The van der Waals surface area contributed by atoms with Crippen molar-refractivity contribution < 1.29 is 14.3 Å². The van der Waals surface area contributed by atoms with Gasteiger partial charge in [-0.2, -0.15) is 0 Å². The monoisotopic (exact) mass is 450 g/mol. The van der Waals surface area contributed by atoms with Crippen LogP contribution in [0.25, 0.3) is 0 Å². The van der Waals surface area contributed by atoms with Gasteiger partial charge >= 0.3 is 0 Å². The Morgan fingerprint density at radius 1 is 1.13 bits per heavy atom. The van der Waals surface area contributed by atoms with E-state index in [4.69, 9.17) is 16.3 Å². The molecule has 2 fully saturated rings. The minimum absolute atomic E-state index is 0.0364. The van der Waals surface area contributed by atoms with Crippen molar-refractivity contribution in [1.82, 2.24) is 15.1 Å². The molecule has 31 heavy (non-hydrogen) atoms. The molecule has 7 nitrogen and oxygen atoms in total. The molecule has 3 unspecified atom stereocenters. The highest BCUT2D eigenvalue weighted by Crippen LogP contribution is 2.21. The maximum absolute atomic E-state index is 13.0. The van der Waals surface area contributed by atoms with E-state index < -0.39 is 0 Å². The second-order valence-corrected chi connectivity index (χ2v) is 9.40. The fourth-order valence-corrected chi connectivity index (χ4v) is 4.79. The molecule has 3 rings (SSSR count). The number of amides is 2. The molecule has 2 aliphatic heterocycles. The molecule has 2 amide bonds. The standard InChI is InChI=1S/C23H35ClN4O3/c1-16(2)22(28-14-17(3)31-18(4)15-28)23(30)25-13-21(29)27-10-8-26(9-11-27)20-7-5-6-19(24)12-20/h5-7,12,16-18,22H,8-11,13-15H2,1-4H3,(H,25,30). The molecule has 1 aromatic carbocycles. The summed E-state index contributed by atoms with van der Waals surface area (Å²) in [4.78, 5) is 31.9.